The molecule has 0 bridgehead atoms. The van der Waals surface area contributed by atoms with E-state index >= 15 is 0 Å². The maximum Gasteiger partial charge on any atom is 0.339 e. The van der Waals surface area contributed by atoms with Crippen LogP contribution in [-0.4, -0.2) is 40.2 Å². The number of rotatable bonds is 6. The molecule has 1 aliphatic heterocycles. The number of nitrogens with zero attached hydrogens (tertiary/aromatic N) is 2. The highest BCUT2D eigenvalue weighted by molar-refractivity contribution is 5.97. The summed E-state index contributed by atoms with van der Waals surface area (Å²) in [6.07, 6.45) is 5.23. The Morgan fingerprint density at radius 2 is 2.03 bits per heavy atom. The second kappa shape index (κ2) is 9.81. The number of aryl methyl sites for hydroxylation is 3. The lowest BCUT2D eigenvalue weighted by Gasteiger charge is -2.37. The van der Waals surface area contributed by atoms with Gasteiger partial charge in [-0.3, -0.25) is 4.79 Å². The molecule has 2 unspecified atom stereocenters. The summed E-state index contributed by atoms with van der Waals surface area (Å²) in [6, 6.07) is 7.88. The van der Waals surface area contributed by atoms with Crippen LogP contribution in [0, 0.1) is 19.8 Å². The first-order chi connectivity index (χ1) is 14.8. The average Bonchev–Trinajstić information content (AvgIpc) is 3.18. The second-order valence-electron chi connectivity index (χ2n) is 8.46. The predicted octanol–water partition coefficient (Wildman–Crippen LogP) is 3.69. The molecule has 2 heterocycles. The number of benzene rings is 1. The van der Waals surface area contributed by atoms with Gasteiger partial charge < -0.3 is 20.5 Å². The first-order valence-electron chi connectivity index (χ1n) is 10.9. The van der Waals surface area contributed by atoms with Gasteiger partial charge in [0.25, 0.3) is 5.91 Å². The van der Waals surface area contributed by atoms with Gasteiger partial charge in [0.1, 0.15) is 0 Å². The standard InChI is InChI=1S/C24H32N4O3/c1-5-6-18-8-10-20(16(3)12-18)23(29)28-14-19(9-7-17(28)4)24(30)31-27-22(25)21-11-15(2)13-26-21/h8,10-13,17,19,26H,5-7,9,14H2,1-4H3,(H2,25,27). The van der Waals surface area contributed by atoms with Gasteiger partial charge in [0, 0.05) is 24.3 Å². The van der Waals surface area contributed by atoms with E-state index in [0.717, 1.165) is 30.4 Å². The average molecular weight is 425 g/mol. The minimum Gasteiger partial charge on any atom is -0.379 e. The van der Waals surface area contributed by atoms with Gasteiger partial charge in [-0.05, 0) is 68.9 Å². The Bertz CT molecular complexity index is 979. The molecule has 166 valence electrons. The quantitative estimate of drug-likeness (QED) is 0.320. The minimum atomic E-state index is -0.467. The van der Waals surface area contributed by atoms with Crippen molar-refractivity contribution in [2.45, 2.75) is 59.4 Å². The maximum absolute atomic E-state index is 13.2. The fourth-order valence-corrected chi connectivity index (χ4v) is 4.02. The molecule has 7 nitrogen and oxygen atoms in total. The lowest BCUT2D eigenvalue weighted by molar-refractivity contribution is -0.150. The first kappa shape index (κ1) is 22.6. The third-order valence-electron chi connectivity index (χ3n) is 5.87. The number of nitrogens with two attached hydrogens (primary N) is 1. The van der Waals surface area contributed by atoms with Crippen molar-refractivity contribution in [3.8, 4) is 0 Å². The molecule has 0 spiro atoms. The van der Waals surface area contributed by atoms with Gasteiger partial charge in [-0.15, -0.1) is 0 Å². The molecule has 2 aromatic rings. The van der Waals surface area contributed by atoms with E-state index < -0.39 is 11.9 Å². The molecule has 1 aromatic carbocycles. The summed E-state index contributed by atoms with van der Waals surface area (Å²) in [5, 5.41) is 3.78. The van der Waals surface area contributed by atoms with E-state index in [-0.39, 0.29) is 17.8 Å². The monoisotopic (exact) mass is 424 g/mol. The summed E-state index contributed by atoms with van der Waals surface area (Å²) < 4.78 is 0. The second-order valence-corrected chi connectivity index (χ2v) is 8.46. The molecule has 31 heavy (non-hydrogen) atoms. The molecule has 2 atom stereocenters. The van der Waals surface area contributed by atoms with Crippen molar-refractivity contribution in [2.75, 3.05) is 6.54 Å². The van der Waals surface area contributed by atoms with Gasteiger partial charge in [-0.1, -0.05) is 30.6 Å². The van der Waals surface area contributed by atoms with E-state index in [1.54, 1.807) is 11.1 Å². The van der Waals surface area contributed by atoms with Crippen LogP contribution in [0.25, 0.3) is 0 Å². The van der Waals surface area contributed by atoms with Gasteiger partial charge in [0.2, 0.25) is 0 Å². The minimum absolute atomic E-state index is 0.0459. The lowest BCUT2D eigenvalue weighted by Crippen LogP contribution is -2.47. The van der Waals surface area contributed by atoms with Crippen LogP contribution in [0.3, 0.4) is 0 Å². The van der Waals surface area contributed by atoms with Crippen molar-refractivity contribution in [3.63, 3.8) is 0 Å². The number of aromatic nitrogens is 1. The van der Waals surface area contributed by atoms with Crippen LogP contribution in [0.1, 0.15) is 65.9 Å². The molecule has 1 aliphatic rings. The molecule has 0 saturated carbocycles. The summed E-state index contributed by atoms with van der Waals surface area (Å²) in [7, 11) is 0. The zero-order chi connectivity index (χ0) is 22.5. The van der Waals surface area contributed by atoms with Crippen LogP contribution in [0.15, 0.2) is 35.6 Å². The molecular formula is C24H32N4O3. The third kappa shape index (κ3) is 5.34. The molecule has 1 fully saturated rings. The smallest absolute Gasteiger partial charge is 0.339 e. The molecular weight excluding hydrogens is 392 g/mol. The Labute approximate surface area is 183 Å². The van der Waals surface area contributed by atoms with E-state index in [2.05, 4.69) is 23.1 Å². The van der Waals surface area contributed by atoms with Crippen molar-refractivity contribution in [1.29, 1.82) is 0 Å². The topological polar surface area (TPSA) is 101 Å². The normalized spacial score (nSPS) is 19.4. The number of amidine groups is 1. The number of hydrogen-bond donors (Lipinski definition) is 2. The van der Waals surface area contributed by atoms with Crippen molar-refractivity contribution in [2.24, 2.45) is 16.8 Å². The maximum atomic E-state index is 13.2. The zero-order valence-corrected chi connectivity index (χ0v) is 18.8. The van der Waals surface area contributed by atoms with Gasteiger partial charge >= 0.3 is 5.97 Å². The van der Waals surface area contributed by atoms with Gasteiger partial charge in [-0.25, -0.2) is 4.79 Å². The number of likely N-dealkylation sites (tertiary alicyclic amines) is 1. The number of amides is 1. The number of oxime groups is 1. The van der Waals surface area contributed by atoms with Crippen LogP contribution in [0.5, 0.6) is 0 Å². The molecule has 3 N–H and O–H groups in total. The number of H-pyrrole nitrogens is 1. The van der Waals surface area contributed by atoms with Crippen molar-refractivity contribution >= 4 is 17.7 Å². The number of hydrogen-bond acceptors (Lipinski definition) is 4. The number of carbonyl (C=O) groups is 2. The van der Waals surface area contributed by atoms with E-state index in [9.17, 15) is 9.59 Å². The largest absolute Gasteiger partial charge is 0.379 e. The number of aromatic amines is 1. The molecule has 3 rings (SSSR count). The van der Waals surface area contributed by atoms with E-state index in [0.29, 0.717) is 24.2 Å². The summed E-state index contributed by atoms with van der Waals surface area (Å²) in [4.78, 5) is 35.7. The van der Waals surface area contributed by atoms with E-state index in [1.165, 1.54) is 5.56 Å². The van der Waals surface area contributed by atoms with Crippen LogP contribution in [0.2, 0.25) is 0 Å². The first-order valence-corrected chi connectivity index (χ1v) is 10.9. The molecule has 0 aliphatic carbocycles. The number of nitrogens with one attached hydrogen (secondary N) is 1. The highest BCUT2D eigenvalue weighted by Gasteiger charge is 2.34. The van der Waals surface area contributed by atoms with Crippen LogP contribution in [-0.2, 0) is 16.1 Å². The molecule has 7 heteroatoms. The summed E-state index contributed by atoms with van der Waals surface area (Å²) in [5.74, 6) is -0.829. The Kier molecular flexibility index (Phi) is 7.15. The Hall–Kier alpha value is -3.09. The van der Waals surface area contributed by atoms with Crippen molar-refractivity contribution < 1.29 is 14.4 Å². The number of carbonyl (C=O) groups excluding carboxylic acids is 2. The van der Waals surface area contributed by atoms with Crippen LogP contribution >= 0.6 is 0 Å². The van der Waals surface area contributed by atoms with Gasteiger partial charge in [0.15, 0.2) is 5.84 Å². The Morgan fingerprint density at radius 1 is 1.26 bits per heavy atom. The summed E-state index contributed by atoms with van der Waals surface area (Å²) >= 11 is 0. The summed E-state index contributed by atoms with van der Waals surface area (Å²) in [6.45, 7) is 8.36. The fraction of sp³-hybridized carbons (Fsp3) is 0.458. The highest BCUT2D eigenvalue weighted by Crippen LogP contribution is 2.26. The van der Waals surface area contributed by atoms with Gasteiger partial charge in [-0.2, -0.15) is 0 Å². The van der Waals surface area contributed by atoms with Crippen LogP contribution < -0.4 is 5.73 Å². The van der Waals surface area contributed by atoms with E-state index in [1.807, 2.05) is 39.0 Å². The number of piperidine rings is 1. The molecule has 1 amide bonds. The highest BCUT2D eigenvalue weighted by atomic mass is 16.7. The fourth-order valence-electron chi connectivity index (χ4n) is 4.02. The zero-order valence-electron chi connectivity index (χ0n) is 18.8. The Balaban J connectivity index is 1.68. The van der Waals surface area contributed by atoms with Crippen molar-refractivity contribution in [1.82, 2.24) is 9.88 Å². The van der Waals surface area contributed by atoms with Gasteiger partial charge in [0.05, 0.1) is 11.6 Å². The summed E-state index contributed by atoms with van der Waals surface area (Å²) in [5.41, 5.74) is 10.4. The van der Waals surface area contributed by atoms with Crippen molar-refractivity contribution in [3.05, 3.63) is 58.4 Å². The molecule has 1 saturated heterocycles. The molecule has 0 radical (unpaired) electrons. The Morgan fingerprint density at radius 3 is 2.68 bits per heavy atom. The SMILES string of the molecule is CCCc1ccc(C(=O)N2CC(C(=O)ON=C(N)c3cc(C)c[nH]3)CCC2C)c(C)c1. The predicted molar refractivity (Wildman–Crippen MR) is 121 cm³/mol. The van der Waals surface area contributed by atoms with E-state index in [4.69, 9.17) is 10.6 Å². The van der Waals surface area contributed by atoms with Crippen LogP contribution in [0.4, 0.5) is 0 Å². The molecule has 1 aromatic heterocycles. The third-order valence-corrected chi connectivity index (χ3v) is 5.87. The lowest BCUT2D eigenvalue weighted by atomic mass is 9.92.